The second kappa shape index (κ2) is 7.51. The number of carbonyl (C=O) groups excluding carboxylic acids is 1. The summed E-state index contributed by atoms with van der Waals surface area (Å²) in [6.45, 7) is 1.45. The maximum Gasteiger partial charge on any atom is 0.416 e. The van der Waals surface area contributed by atoms with Crippen LogP contribution < -0.4 is 10.6 Å². The molecule has 0 bridgehead atoms. The van der Waals surface area contributed by atoms with Gasteiger partial charge in [-0.1, -0.05) is 24.6 Å². The van der Waals surface area contributed by atoms with Crippen LogP contribution in [0.15, 0.2) is 24.3 Å². The lowest BCUT2D eigenvalue weighted by Gasteiger charge is -2.41. The number of aliphatic hydroxyl groups excluding tert-OH is 1. The van der Waals surface area contributed by atoms with Gasteiger partial charge in [-0.25, -0.2) is 0 Å². The van der Waals surface area contributed by atoms with Crippen molar-refractivity contribution in [2.45, 2.75) is 37.0 Å². The van der Waals surface area contributed by atoms with Gasteiger partial charge in [0.2, 0.25) is 5.91 Å². The third-order valence-electron chi connectivity index (χ3n) is 5.21. The van der Waals surface area contributed by atoms with Crippen LogP contribution in [0.4, 0.5) is 13.2 Å². The van der Waals surface area contributed by atoms with Crippen molar-refractivity contribution in [3.8, 4) is 0 Å². The van der Waals surface area contributed by atoms with Crippen molar-refractivity contribution in [3.63, 3.8) is 0 Å². The molecule has 1 saturated heterocycles. The van der Waals surface area contributed by atoms with E-state index in [1.807, 2.05) is 0 Å². The van der Waals surface area contributed by atoms with Crippen molar-refractivity contribution in [2.75, 3.05) is 19.6 Å². The molecule has 2 fully saturated rings. The minimum Gasteiger partial charge on any atom is -0.391 e. The number of amides is 1. The van der Waals surface area contributed by atoms with Gasteiger partial charge >= 0.3 is 6.18 Å². The first kappa shape index (κ1) is 20.0. The molecule has 1 aromatic rings. The van der Waals surface area contributed by atoms with E-state index in [-0.39, 0.29) is 24.2 Å². The Balaban J connectivity index is 0.00000225. The molecule has 2 unspecified atom stereocenters. The summed E-state index contributed by atoms with van der Waals surface area (Å²) in [5.74, 6) is -0.306. The highest BCUT2D eigenvalue weighted by atomic mass is 35.5. The van der Waals surface area contributed by atoms with Crippen LogP contribution in [0, 0.1) is 5.92 Å². The van der Waals surface area contributed by atoms with Gasteiger partial charge in [0.15, 0.2) is 0 Å². The fourth-order valence-electron chi connectivity index (χ4n) is 3.49. The zero-order chi connectivity index (χ0) is 17.4. The van der Waals surface area contributed by atoms with E-state index < -0.39 is 23.3 Å². The van der Waals surface area contributed by atoms with Gasteiger partial charge in [0.05, 0.1) is 17.1 Å². The van der Waals surface area contributed by atoms with E-state index in [0.717, 1.165) is 18.6 Å². The molecule has 3 N–H and O–H groups in total. The first-order chi connectivity index (χ1) is 11.3. The smallest absolute Gasteiger partial charge is 0.391 e. The highest BCUT2D eigenvalue weighted by Gasteiger charge is 2.46. The highest BCUT2D eigenvalue weighted by molar-refractivity contribution is 5.89. The maximum atomic E-state index is 12.9. The van der Waals surface area contributed by atoms with E-state index in [2.05, 4.69) is 10.6 Å². The molecule has 3 rings (SSSR count). The molecule has 2 aliphatic rings. The standard InChI is InChI=1S/C17H21F3N2O2.ClH/c18-17(19,20)13-4-1-3-12(7-13)16(5-2-6-16)15(24)22-9-11-8-21-10-14(11)23;/h1,3-4,7,11,14,21,23H,2,5-6,8-10H2,(H,22,24);1H. The largest absolute Gasteiger partial charge is 0.416 e. The Morgan fingerprint density at radius 3 is 2.56 bits per heavy atom. The molecule has 0 aromatic heterocycles. The Morgan fingerprint density at radius 2 is 2.04 bits per heavy atom. The fourth-order valence-corrected chi connectivity index (χ4v) is 3.49. The van der Waals surface area contributed by atoms with Crippen LogP contribution in [0.25, 0.3) is 0 Å². The van der Waals surface area contributed by atoms with Crippen molar-refractivity contribution in [1.82, 2.24) is 10.6 Å². The topological polar surface area (TPSA) is 61.4 Å². The van der Waals surface area contributed by atoms with Crippen LogP contribution in [0.1, 0.15) is 30.4 Å². The van der Waals surface area contributed by atoms with Gasteiger partial charge in [-0.2, -0.15) is 13.2 Å². The van der Waals surface area contributed by atoms with Crippen molar-refractivity contribution in [2.24, 2.45) is 5.92 Å². The van der Waals surface area contributed by atoms with Crippen LogP contribution in [0.3, 0.4) is 0 Å². The summed E-state index contributed by atoms with van der Waals surface area (Å²) in [4.78, 5) is 12.7. The number of aliphatic hydroxyl groups is 1. The third kappa shape index (κ3) is 3.93. The summed E-state index contributed by atoms with van der Waals surface area (Å²) in [6.07, 6.45) is -3.01. The van der Waals surface area contributed by atoms with E-state index in [0.29, 0.717) is 38.0 Å². The molecule has 0 spiro atoms. The molecule has 1 aromatic carbocycles. The molecular weight excluding hydrogens is 357 g/mol. The molecule has 4 nitrogen and oxygen atoms in total. The molecule has 2 atom stereocenters. The number of alkyl halides is 3. The molecule has 1 saturated carbocycles. The van der Waals surface area contributed by atoms with Crippen LogP contribution in [0.2, 0.25) is 0 Å². The Morgan fingerprint density at radius 1 is 1.32 bits per heavy atom. The number of hydrogen-bond donors (Lipinski definition) is 3. The van der Waals surface area contributed by atoms with Crippen LogP contribution in [0.5, 0.6) is 0 Å². The molecule has 1 amide bonds. The van der Waals surface area contributed by atoms with E-state index in [1.165, 1.54) is 6.07 Å². The maximum absolute atomic E-state index is 12.9. The summed E-state index contributed by atoms with van der Waals surface area (Å²) in [7, 11) is 0. The Hall–Kier alpha value is -1.31. The predicted molar refractivity (Wildman–Crippen MR) is 89.6 cm³/mol. The van der Waals surface area contributed by atoms with Crippen molar-refractivity contribution in [1.29, 1.82) is 0 Å². The van der Waals surface area contributed by atoms with Gasteiger partial charge in [0, 0.05) is 25.6 Å². The van der Waals surface area contributed by atoms with E-state index in [9.17, 15) is 23.1 Å². The van der Waals surface area contributed by atoms with Gasteiger partial charge in [0.25, 0.3) is 0 Å². The summed E-state index contributed by atoms with van der Waals surface area (Å²) in [6, 6.07) is 5.06. The number of hydrogen-bond acceptors (Lipinski definition) is 3. The number of nitrogens with one attached hydrogen (secondary N) is 2. The van der Waals surface area contributed by atoms with Crippen molar-refractivity contribution >= 4 is 18.3 Å². The number of β-amino-alcohol motifs (C(OH)–C–C–N with tert-alkyl or cyclic N) is 1. The molecular formula is C17H22ClF3N2O2. The monoisotopic (exact) mass is 378 g/mol. The van der Waals surface area contributed by atoms with Crippen LogP contribution in [-0.4, -0.2) is 36.8 Å². The minimum atomic E-state index is -4.42. The third-order valence-corrected chi connectivity index (χ3v) is 5.21. The summed E-state index contributed by atoms with van der Waals surface area (Å²) >= 11 is 0. The molecule has 8 heteroatoms. The predicted octanol–water partition coefficient (Wildman–Crippen LogP) is 2.25. The zero-order valence-corrected chi connectivity index (χ0v) is 14.4. The minimum absolute atomic E-state index is 0. The van der Waals surface area contributed by atoms with Gasteiger partial charge in [-0.05, 0) is 24.5 Å². The zero-order valence-electron chi connectivity index (χ0n) is 13.6. The second-order valence-corrected chi connectivity index (χ2v) is 6.71. The fraction of sp³-hybridized carbons (Fsp3) is 0.588. The molecule has 140 valence electrons. The average Bonchev–Trinajstić information content (AvgIpc) is 2.89. The van der Waals surface area contributed by atoms with E-state index >= 15 is 0 Å². The van der Waals surface area contributed by atoms with Gasteiger partial charge in [0.1, 0.15) is 0 Å². The Bertz CT molecular complexity index is 620. The molecule has 1 heterocycles. The molecule has 0 radical (unpaired) electrons. The first-order valence-electron chi connectivity index (χ1n) is 8.18. The van der Waals surface area contributed by atoms with Crippen LogP contribution >= 0.6 is 12.4 Å². The average molecular weight is 379 g/mol. The summed E-state index contributed by atoms with van der Waals surface area (Å²) in [5, 5.41) is 15.7. The SMILES string of the molecule is Cl.O=C(NCC1CNCC1O)C1(c2cccc(C(F)(F)F)c2)CCC1. The summed E-state index contributed by atoms with van der Waals surface area (Å²) < 4.78 is 38.8. The van der Waals surface area contributed by atoms with Gasteiger partial charge < -0.3 is 15.7 Å². The molecule has 1 aliphatic carbocycles. The van der Waals surface area contributed by atoms with E-state index in [4.69, 9.17) is 0 Å². The van der Waals surface area contributed by atoms with Crippen molar-refractivity contribution in [3.05, 3.63) is 35.4 Å². The lowest BCUT2D eigenvalue weighted by Crippen LogP contribution is -2.51. The number of halogens is 4. The second-order valence-electron chi connectivity index (χ2n) is 6.71. The number of carbonyl (C=O) groups is 1. The quantitative estimate of drug-likeness (QED) is 0.753. The van der Waals surface area contributed by atoms with Crippen LogP contribution in [-0.2, 0) is 16.4 Å². The highest BCUT2D eigenvalue weighted by Crippen LogP contribution is 2.45. The first-order valence-corrected chi connectivity index (χ1v) is 8.18. The van der Waals surface area contributed by atoms with Gasteiger partial charge in [-0.15, -0.1) is 12.4 Å². The Labute approximate surface area is 150 Å². The Kier molecular flexibility index (Phi) is 6.01. The number of benzene rings is 1. The molecule has 1 aliphatic heterocycles. The lowest BCUT2D eigenvalue weighted by atomic mass is 9.63. The normalized spacial score (nSPS) is 25.0. The summed E-state index contributed by atoms with van der Waals surface area (Å²) in [5.41, 5.74) is -1.18. The molecule has 25 heavy (non-hydrogen) atoms. The van der Waals surface area contributed by atoms with Crippen molar-refractivity contribution < 1.29 is 23.1 Å². The van der Waals surface area contributed by atoms with Gasteiger partial charge in [-0.3, -0.25) is 4.79 Å². The lowest BCUT2D eigenvalue weighted by molar-refractivity contribution is -0.138. The number of rotatable bonds is 4. The van der Waals surface area contributed by atoms with E-state index in [1.54, 1.807) is 6.07 Å².